The Bertz CT molecular complexity index is 741. The molecule has 0 fully saturated rings. The van der Waals surface area contributed by atoms with Gasteiger partial charge in [-0.15, -0.1) is 11.8 Å². The molecule has 1 N–H and O–H groups in total. The van der Waals surface area contributed by atoms with Crippen molar-refractivity contribution in [3.63, 3.8) is 0 Å². The zero-order valence-corrected chi connectivity index (χ0v) is 13.3. The maximum Gasteiger partial charge on any atom is 0.170 e. The Labute approximate surface area is 134 Å². The maximum atomic E-state index is 11.4. The van der Waals surface area contributed by atoms with E-state index in [2.05, 4.69) is 46.5 Å². The number of amidine groups is 1. The van der Waals surface area contributed by atoms with Crippen LogP contribution in [0.3, 0.4) is 0 Å². The fourth-order valence-electron chi connectivity index (χ4n) is 3.43. The fraction of sp³-hybridized carbons (Fsp3) is 0.278. The Kier molecular flexibility index (Phi) is 3.24. The first kappa shape index (κ1) is 13.9. The van der Waals surface area contributed by atoms with Crippen LogP contribution in [0, 0.1) is 0 Å². The summed E-state index contributed by atoms with van der Waals surface area (Å²) in [6, 6.07) is 16.5. The largest absolute Gasteiger partial charge is 0.366 e. The molecule has 0 amide bonds. The van der Waals surface area contributed by atoms with Crippen LogP contribution in [0.2, 0.25) is 0 Å². The van der Waals surface area contributed by atoms with Crippen molar-refractivity contribution in [2.45, 2.75) is 17.0 Å². The minimum Gasteiger partial charge on any atom is -0.366 e. The lowest BCUT2D eigenvalue weighted by atomic mass is 9.94. The van der Waals surface area contributed by atoms with Crippen LogP contribution in [0.1, 0.15) is 16.7 Å². The van der Waals surface area contributed by atoms with E-state index in [0.717, 1.165) is 35.6 Å². The van der Waals surface area contributed by atoms with Gasteiger partial charge in [0, 0.05) is 29.0 Å². The highest BCUT2D eigenvalue weighted by molar-refractivity contribution is 7.98. The van der Waals surface area contributed by atoms with Crippen LogP contribution in [0.5, 0.6) is 0 Å². The molecule has 2 aromatic carbocycles. The van der Waals surface area contributed by atoms with Crippen molar-refractivity contribution >= 4 is 17.6 Å². The summed E-state index contributed by atoms with van der Waals surface area (Å²) in [5.74, 6) is 0.943. The predicted molar refractivity (Wildman–Crippen MR) is 90.4 cm³/mol. The molecule has 1 atom stereocenters. The first-order valence-electron chi connectivity index (χ1n) is 7.50. The maximum absolute atomic E-state index is 11.4. The van der Waals surface area contributed by atoms with Crippen molar-refractivity contribution in [3.05, 3.63) is 65.2 Å². The summed E-state index contributed by atoms with van der Waals surface area (Å²) in [7, 11) is 0. The van der Waals surface area contributed by atoms with Gasteiger partial charge in [-0.05, 0) is 24.0 Å². The summed E-state index contributed by atoms with van der Waals surface area (Å²) in [5, 5.41) is 11.4. The molecule has 2 aliphatic rings. The molecule has 2 aromatic rings. The van der Waals surface area contributed by atoms with Crippen molar-refractivity contribution in [1.82, 2.24) is 4.90 Å². The Morgan fingerprint density at radius 1 is 1.18 bits per heavy atom. The number of hydrogen-bond donors (Lipinski definition) is 1. The second-order valence-corrected chi connectivity index (χ2v) is 6.62. The Hall–Kier alpha value is -1.78. The quantitative estimate of drug-likeness (QED) is 0.886. The second kappa shape index (κ2) is 5.14. The van der Waals surface area contributed by atoms with Gasteiger partial charge in [-0.2, -0.15) is 0 Å². The van der Waals surface area contributed by atoms with Gasteiger partial charge in [0.1, 0.15) is 5.84 Å². The van der Waals surface area contributed by atoms with Crippen LogP contribution in [0.4, 0.5) is 0 Å². The highest BCUT2D eigenvalue weighted by Crippen LogP contribution is 2.41. The molecule has 0 bridgehead atoms. The number of thioether (sulfide) groups is 1. The van der Waals surface area contributed by atoms with E-state index in [-0.39, 0.29) is 0 Å². The summed E-state index contributed by atoms with van der Waals surface area (Å²) < 4.78 is 0. The molecule has 4 heteroatoms. The van der Waals surface area contributed by atoms with Gasteiger partial charge in [0.2, 0.25) is 0 Å². The Morgan fingerprint density at radius 2 is 1.95 bits per heavy atom. The molecule has 1 unspecified atom stereocenters. The van der Waals surface area contributed by atoms with Gasteiger partial charge in [0.15, 0.2) is 5.72 Å². The number of aliphatic hydroxyl groups is 1. The van der Waals surface area contributed by atoms with Gasteiger partial charge < -0.3 is 10.0 Å². The highest BCUT2D eigenvalue weighted by Gasteiger charge is 2.48. The van der Waals surface area contributed by atoms with E-state index in [1.54, 1.807) is 11.8 Å². The lowest BCUT2D eigenvalue weighted by Gasteiger charge is -2.33. The number of aliphatic imine (C=N–C) groups is 1. The topological polar surface area (TPSA) is 35.8 Å². The van der Waals surface area contributed by atoms with Crippen molar-refractivity contribution in [1.29, 1.82) is 0 Å². The molecule has 0 aromatic heterocycles. The second-order valence-electron chi connectivity index (χ2n) is 5.74. The van der Waals surface area contributed by atoms with Gasteiger partial charge in [-0.1, -0.05) is 36.4 Å². The number of nitrogens with zero attached hydrogens (tertiary/aromatic N) is 2. The number of rotatable bonds is 3. The monoisotopic (exact) mass is 310 g/mol. The van der Waals surface area contributed by atoms with E-state index in [0.29, 0.717) is 6.42 Å². The van der Waals surface area contributed by atoms with Crippen LogP contribution in [0.15, 0.2) is 58.4 Å². The van der Waals surface area contributed by atoms with Gasteiger partial charge >= 0.3 is 0 Å². The third-order valence-corrected chi connectivity index (χ3v) is 5.24. The molecular weight excluding hydrogens is 292 g/mol. The van der Waals surface area contributed by atoms with Gasteiger partial charge in [0.25, 0.3) is 0 Å². The summed E-state index contributed by atoms with van der Waals surface area (Å²) >= 11 is 1.73. The first-order valence-corrected chi connectivity index (χ1v) is 8.72. The minimum atomic E-state index is -0.979. The lowest BCUT2D eigenvalue weighted by molar-refractivity contribution is -0.0637. The Morgan fingerprint density at radius 3 is 2.73 bits per heavy atom. The summed E-state index contributed by atoms with van der Waals surface area (Å²) in [5.41, 5.74) is 2.21. The predicted octanol–water partition coefficient (Wildman–Crippen LogP) is 2.87. The molecule has 2 aliphatic heterocycles. The van der Waals surface area contributed by atoms with Crippen LogP contribution < -0.4 is 0 Å². The van der Waals surface area contributed by atoms with E-state index in [1.807, 2.05) is 18.2 Å². The molecule has 2 heterocycles. The minimum absolute atomic E-state index is 0.581. The van der Waals surface area contributed by atoms with Gasteiger partial charge in [-0.3, -0.25) is 4.99 Å². The molecule has 0 spiro atoms. The van der Waals surface area contributed by atoms with Crippen LogP contribution >= 0.6 is 11.8 Å². The number of benzene rings is 2. The van der Waals surface area contributed by atoms with E-state index >= 15 is 0 Å². The summed E-state index contributed by atoms with van der Waals surface area (Å²) in [6.07, 6.45) is 2.65. The fourth-order valence-corrected chi connectivity index (χ4v) is 3.84. The van der Waals surface area contributed by atoms with E-state index in [1.165, 1.54) is 4.90 Å². The molecule has 0 saturated carbocycles. The van der Waals surface area contributed by atoms with Crippen LogP contribution in [0.25, 0.3) is 0 Å². The zero-order chi connectivity index (χ0) is 15.2. The molecule has 3 nitrogen and oxygen atoms in total. The van der Waals surface area contributed by atoms with E-state index in [4.69, 9.17) is 0 Å². The zero-order valence-electron chi connectivity index (χ0n) is 12.5. The summed E-state index contributed by atoms with van der Waals surface area (Å²) in [4.78, 5) is 7.88. The Balaban J connectivity index is 1.74. The van der Waals surface area contributed by atoms with Crippen LogP contribution in [-0.2, 0) is 12.1 Å². The first-order chi connectivity index (χ1) is 10.7. The molecule has 0 radical (unpaired) electrons. The molecule has 4 rings (SSSR count). The van der Waals surface area contributed by atoms with E-state index in [9.17, 15) is 5.11 Å². The number of hydrogen-bond acceptors (Lipinski definition) is 4. The average molecular weight is 310 g/mol. The number of fused-ring (bicyclic) bond motifs is 3. The van der Waals surface area contributed by atoms with Crippen LogP contribution in [-0.4, -0.2) is 35.2 Å². The SMILES string of the molecule is CSc1ccc(CC2(O)c3ccccc3C3=NCCN32)cc1. The smallest absolute Gasteiger partial charge is 0.170 e. The third kappa shape index (κ3) is 1.98. The van der Waals surface area contributed by atoms with Crippen molar-refractivity contribution in [3.8, 4) is 0 Å². The molecule has 0 aliphatic carbocycles. The average Bonchev–Trinajstić information content (AvgIpc) is 3.12. The standard InChI is InChI=1S/C18H18N2OS/c1-22-14-8-6-13(7-9-14)12-18(21)16-5-3-2-4-15(16)17-19-10-11-20(17)18/h2-9,21H,10-12H2,1H3. The van der Waals surface area contributed by atoms with Crippen molar-refractivity contribution < 1.29 is 5.11 Å². The molecule has 112 valence electrons. The molecular formula is C18H18N2OS. The molecule has 0 saturated heterocycles. The third-order valence-electron chi connectivity index (χ3n) is 4.50. The summed E-state index contributed by atoms with van der Waals surface area (Å²) in [6.45, 7) is 1.54. The lowest BCUT2D eigenvalue weighted by Crippen LogP contribution is -2.44. The van der Waals surface area contributed by atoms with Gasteiger partial charge in [0.05, 0.1) is 6.54 Å². The van der Waals surface area contributed by atoms with Crippen molar-refractivity contribution in [2.24, 2.45) is 4.99 Å². The van der Waals surface area contributed by atoms with E-state index < -0.39 is 5.72 Å². The van der Waals surface area contributed by atoms with Gasteiger partial charge in [-0.25, -0.2) is 0 Å². The highest BCUT2D eigenvalue weighted by atomic mass is 32.2. The molecule has 22 heavy (non-hydrogen) atoms. The van der Waals surface area contributed by atoms with Crippen molar-refractivity contribution in [2.75, 3.05) is 19.3 Å². The normalized spacial score (nSPS) is 22.5.